The van der Waals surface area contributed by atoms with Crippen molar-refractivity contribution in [3.05, 3.63) is 59.2 Å². The molecular formula is C27H34N4O6. The smallest absolute Gasteiger partial charge is 0.252 e. The highest BCUT2D eigenvalue weighted by molar-refractivity contribution is 5.98. The van der Waals surface area contributed by atoms with Crippen molar-refractivity contribution in [3.8, 4) is 5.75 Å². The summed E-state index contributed by atoms with van der Waals surface area (Å²) in [6.07, 6.45) is 0. The van der Waals surface area contributed by atoms with Crippen LogP contribution in [0.1, 0.15) is 33.2 Å². The van der Waals surface area contributed by atoms with Gasteiger partial charge in [-0.15, -0.1) is 0 Å². The fourth-order valence-corrected chi connectivity index (χ4v) is 4.65. The molecule has 2 saturated heterocycles. The predicted molar refractivity (Wildman–Crippen MR) is 138 cm³/mol. The van der Waals surface area contributed by atoms with E-state index in [1.54, 1.807) is 29.2 Å². The second-order valence-electron chi connectivity index (χ2n) is 9.40. The van der Waals surface area contributed by atoms with E-state index < -0.39 is 18.6 Å². The molecule has 0 aliphatic carbocycles. The van der Waals surface area contributed by atoms with Crippen molar-refractivity contribution in [1.29, 1.82) is 0 Å². The number of aromatic hydroxyl groups is 1. The van der Waals surface area contributed by atoms with Gasteiger partial charge in [0, 0.05) is 62.6 Å². The molecule has 2 fully saturated rings. The maximum Gasteiger partial charge on any atom is 0.252 e. The number of Topliss-reactive ketones (excluding diaryl/α,β-unsaturated/α-hetero) is 1. The van der Waals surface area contributed by atoms with Crippen molar-refractivity contribution in [2.45, 2.75) is 19.5 Å². The molecule has 0 saturated carbocycles. The number of phenols is 1. The van der Waals surface area contributed by atoms with Crippen LogP contribution in [0.2, 0.25) is 0 Å². The maximum absolute atomic E-state index is 13.1. The van der Waals surface area contributed by atoms with Gasteiger partial charge in [0.25, 0.3) is 5.91 Å². The Morgan fingerprint density at radius 2 is 1.62 bits per heavy atom. The first-order valence-electron chi connectivity index (χ1n) is 12.5. The molecule has 10 nitrogen and oxygen atoms in total. The number of ketones is 1. The molecule has 4 rings (SSSR count). The number of rotatable bonds is 8. The van der Waals surface area contributed by atoms with Crippen molar-refractivity contribution in [1.82, 2.24) is 15.1 Å². The summed E-state index contributed by atoms with van der Waals surface area (Å²) < 4.78 is 5.36. The Labute approximate surface area is 216 Å². The molecule has 37 heavy (non-hydrogen) atoms. The molecule has 2 heterocycles. The van der Waals surface area contributed by atoms with Gasteiger partial charge < -0.3 is 30.1 Å². The maximum atomic E-state index is 13.1. The second kappa shape index (κ2) is 12.2. The summed E-state index contributed by atoms with van der Waals surface area (Å²) in [5.74, 6) is -0.903. The number of amides is 2. The number of hydrogen-bond donors (Lipinski definition) is 3. The molecule has 2 amide bonds. The topological polar surface area (TPSA) is 123 Å². The Morgan fingerprint density at radius 1 is 0.946 bits per heavy atom. The quantitative estimate of drug-likeness (QED) is 0.447. The Hall–Kier alpha value is -3.47. The van der Waals surface area contributed by atoms with Gasteiger partial charge in [-0.05, 0) is 55.0 Å². The molecule has 0 bridgehead atoms. The molecule has 0 radical (unpaired) electrons. The van der Waals surface area contributed by atoms with Gasteiger partial charge in [0.1, 0.15) is 11.8 Å². The third kappa shape index (κ3) is 6.85. The van der Waals surface area contributed by atoms with Crippen molar-refractivity contribution >= 4 is 23.3 Å². The van der Waals surface area contributed by atoms with Crippen molar-refractivity contribution in [3.63, 3.8) is 0 Å². The zero-order valence-corrected chi connectivity index (χ0v) is 21.1. The van der Waals surface area contributed by atoms with Crippen LogP contribution in [0.4, 0.5) is 5.69 Å². The minimum atomic E-state index is -1.08. The van der Waals surface area contributed by atoms with E-state index in [9.17, 15) is 24.6 Å². The van der Waals surface area contributed by atoms with E-state index in [1.165, 1.54) is 13.0 Å². The lowest BCUT2D eigenvalue weighted by atomic mass is 10.1. The molecule has 2 aliphatic heterocycles. The van der Waals surface area contributed by atoms with Crippen LogP contribution in [0.25, 0.3) is 0 Å². The summed E-state index contributed by atoms with van der Waals surface area (Å²) in [7, 11) is 0. The van der Waals surface area contributed by atoms with E-state index in [2.05, 4.69) is 15.1 Å². The highest BCUT2D eigenvalue weighted by atomic mass is 16.5. The van der Waals surface area contributed by atoms with Gasteiger partial charge in [-0.3, -0.25) is 19.3 Å². The van der Waals surface area contributed by atoms with Gasteiger partial charge in [0.05, 0.1) is 19.8 Å². The van der Waals surface area contributed by atoms with Crippen LogP contribution in [-0.4, -0.2) is 103 Å². The number of nitrogens with one attached hydrogen (secondary N) is 1. The zero-order valence-electron chi connectivity index (χ0n) is 21.1. The third-order valence-corrected chi connectivity index (χ3v) is 6.77. The minimum Gasteiger partial charge on any atom is -0.508 e. The Balaban J connectivity index is 1.34. The Bertz CT molecular complexity index is 1110. The lowest BCUT2D eigenvalue weighted by Crippen LogP contribution is -2.56. The summed E-state index contributed by atoms with van der Waals surface area (Å²) >= 11 is 0. The van der Waals surface area contributed by atoms with Gasteiger partial charge in [-0.1, -0.05) is 0 Å². The normalized spacial score (nSPS) is 17.4. The van der Waals surface area contributed by atoms with Crippen LogP contribution in [-0.2, 0) is 16.1 Å². The average molecular weight is 511 g/mol. The highest BCUT2D eigenvalue weighted by Gasteiger charge is 2.29. The van der Waals surface area contributed by atoms with E-state index in [0.29, 0.717) is 51.5 Å². The van der Waals surface area contributed by atoms with E-state index >= 15 is 0 Å². The summed E-state index contributed by atoms with van der Waals surface area (Å²) in [5, 5.41) is 22.7. The fourth-order valence-electron chi connectivity index (χ4n) is 4.65. The second-order valence-corrected chi connectivity index (χ2v) is 9.40. The van der Waals surface area contributed by atoms with Crippen LogP contribution in [0, 0.1) is 0 Å². The van der Waals surface area contributed by atoms with E-state index in [-0.39, 0.29) is 23.0 Å². The first kappa shape index (κ1) is 26.6. The van der Waals surface area contributed by atoms with E-state index in [0.717, 1.165) is 24.3 Å². The van der Waals surface area contributed by atoms with Crippen molar-refractivity contribution in [2.24, 2.45) is 0 Å². The number of piperazine rings is 1. The average Bonchev–Trinajstić information content (AvgIpc) is 2.91. The molecule has 1 atom stereocenters. The van der Waals surface area contributed by atoms with E-state index in [4.69, 9.17) is 4.74 Å². The lowest BCUT2D eigenvalue weighted by molar-refractivity contribution is -0.134. The fraction of sp³-hybridized carbons (Fsp3) is 0.444. The van der Waals surface area contributed by atoms with Crippen molar-refractivity contribution < 1.29 is 29.3 Å². The molecule has 3 N–H and O–H groups in total. The number of anilines is 1. The summed E-state index contributed by atoms with van der Waals surface area (Å²) in [6, 6.07) is 11.0. The molecule has 0 aromatic heterocycles. The van der Waals surface area contributed by atoms with Crippen LogP contribution >= 0.6 is 0 Å². The lowest BCUT2D eigenvalue weighted by Gasteiger charge is -2.37. The van der Waals surface area contributed by atoms with Gasteiger partial charge in [-0.2, -0.15) is 0 Å². The number of aliphatic hydroxyl groups excluding tert-OH is 1. The standard InChI is InChI=1S/C27H34N4O6/c1-19(33)21-2-4-23(5-3-21)30-6-8-31(9-7-30)27(36)25(18-32)28-26(35)22-14-20(15-24(34)16-22)17-29-10-12-37-13-11-29/h2-5,14-16,25,32,34H,6-13,17-18H2,1H3,(H,28,35). The van der Waals surface area contributed by atoms with Crippen molar-refractivity contribution in [2.75, 3.05) is 64.0 Å². The largest absolute Gasteiger partial charge is 0.508 e. The molecule has 10 heteroatoms. The first-order chi connectivity index (χ1) is 17.8. The molecule has 2 aromatic rings. The molecule has 2 aliphatic rings. The summed E-state index contributed by atoms with van der Waals surface area (Å²) in [5.41, 5.74) is 2.64. The predicted octanol–water partition coefficient (Wildman–Crippen LogP) is 0.867. The van der Waals surface area contributed by atoms with Gasteiger partial charge in [0.2, 0.25) is 5.91 Å². The zero-order chi connectivity index (χ0) is 26.4. The van der Waals surface area contributed by atoms with Crippen LogP contribution in [0.5, 0.6) is 5.75 Å². The van der Waals surface area contributed by atoms with Crippen LogP contribution < -0.4 is 10.2 Å². The van der Waals surface area contributed by atoms with Crippen LogP contribution in [0.3, 0.4) is 0 Å². The molecule has 1 unspecified atom stereocenters. The number of hydrogen-bond acceptors (Lipinski definition) is 8. The number of phenolic OH excluding ortho intramolecular Hbond substituents is 1. The number of ether oxygens (including phenoxy) is 1. The van der Waals surface area contributed by atoms with Gasteiger partial charge >= 0.3 is 0 Å². The highest BCUT2D eigenvalue weighted by Crippen LogP contribution is 2.20. The number of nitrogens with zero attached hydrogens (tertiary/aromatic N) is 3. The van der Waals surface area contributed by atoms with Crippen LogP contribution in [0.15, 0.2) is 42.5 Å². The minimum absolute atomic E-state index is 0.0121. The summed E-state index contributed by atoms with van der Waals surface area (Å²) in [6.45, 7) is 6.47. The monoisotopic (exact) mass is 510 g/mol. The Kier molecular flexibility index (Phi) is 8.75. The number of morpholine rings is 1. The number of carbonyl (C=O) groups is 3. The van der Waals surface area contributed by atoms with Gasteiger partial charge in [-0.25, -0.2) is 0 Å². The third-order valence-electron chi connectivity index (χ3n) is 6.77. The molecule has 2 aromatic carbocycles. The number of benzene rings is 2. The number of carbonyl (C=O) groups excluding carboxylic acids is 3. The summed E-state index contributed by atoms with van der Waals surface area (Å²) in [4.78, 5) is 43.5. The molecule has 198 valence electrons. The van der Waals surface area contributed by atoms with Gasteiger partial charge in [0.15, 0.2) is 5.78 Å². The molecule has 0 spiro atoms. The van der Waals surface area contributed by atoms with E-state index in [1.807, 2.05) is 12.1 Å². The molecular weight excluding hydrogens is 476 g/mol. The SMILES string of the molecule is CC(=O)c1ccc(N2CCN(C(=O)C(CO)NC(=O)c3cc(O)cc(CN4CCOCC4)c3)CC2)cc1. The first-order valence-corrected chi connectivity index (χ1v) is 12.5. The Morgan fingerprint density at radius 3 is 2.24 bits per heavy atom. The number of aliphatic hydroxyl groups is 1.